The molecule has 1 atom stereocenters. The summed E-state index contributed by atoms with van der Waals surface area (Å²) in [5, 5.41) is 7.88. The monoisotopic (exact) mass is 401 g/mol. The molecule has 1 fully saturated rings. The molecule has 0 saturated carbocycles. The van der Waals surface area contributed by atoms with Crippen molar-refractivity contribution in [3.8, 4) is 0 Å². The van der Waals surface area contributed by atoms with Crippen molar-refractivity contribution >= 4 is 22.7 Å². The van der Waals surface area contributed by atoms with E-state index in [9.17, 15) is 9.59 Å². The molecule has 1 saturated heterocycles. The van der Waals surface area contributed by atoms with E-state index in [2.05, 4.69) is 64.9 Å². The number of nitrogens with one attached hydrogen (secondary N) is 2. The van der Waals surface area contributed by atoms with Gasteiger partial charge in [0.25, 0.3) is 5.91 Å². The van der Waals surface area contributed by atoms with E-state index in [0.29, 0.717) is 11.6 Å². The van der Waals surface area contributed by atoms with Crippen LogP contribution in [-0.2, 0) is 0 Å². The van der Waals surface area contributed by atoms with Crippen LogP contribution < -0.4 is 10.6 Å². The third-order valence-corrected chi connectivity index (χ3v) is 5.93. The van der Waals surface area contributed by atoms with Gasteiger partial charge in [0, 0.05) is 30.7 Å². The Kier molecular flexibility index (Phi) is 6.10. The highest BCUT2D eigenvalue weighted by atomic mass is 16.2. The number of nitrogens with zero attached hydrogens (tertiary/aromatic N) is 1. The fraction of sp³-hybridized carbons (Fsp3) is 0.280. The second kappa shape index (κ2) is 9.09. The third-order valence-electron chi connectivity index (χ3n) is 5.93. The van der Waals surface area contributed by atoms with Crippen LogP contribution in [0.5, 0.6) is 0 Å². The van der Waals surface area contributed by atoms with Crippen LogP contribution in [0, 0.1) is 0 Å². The first-order chi connectivity index (χ1) is 14.6. The van der Waals surface area contributed by atoms with Crippen LogP contribution in [0.25, 0.3) is 10.8 Å². The Morgan fingerprint density at radius 3 is 2.30 bits per heavy atom. The maximum absolute atomic E-state index is 12.2. The number of amides is 3. The van der Waals surface area contributed by atoms with Gasteiger partial charge in [0.15, 0.2) is 0 Å². The van der Waals surface area contributed by atoms with E-state index in [0.717, 1.165) is 25.9 Å². The number of imide groups is 1. The molecule has 1 heterocycles. The van der Waals surface area contributed by atoms with Crippen molar-refractivity contribution in [2.24, 2.45) is 0 Å². The minimum atomic E-state index is -0.426. The smallest absolute Gasteiger partial charge is 0.321 e. The fourth-order valence-electron chi connectivity index (χ4n) is 4.10. The summed E-state index contributed by atoms with van der Waals surface area (Å²) in [5.74, 6) is -0.379. The third kappa shape index (κ3) is 4.69. The van der Waals surface area contributed by atoms with Gasteiger partial charge in [0.1, 0.15) is 0 Å². The molecular weight excluding hydrogens is 374 g/mol. The molecule has 3 aromatic carbocycles. The predicted octanol–water partition coefficient (Wildman–Crippen LogP) is 4.50. The van der Waals surface area contributed by atoms with Gasteiger partial charge in [0.05, 0.1) is 0 Å². The number of likely N-dealkylation sites (tertiary alicyclic amines) is 1. The Labute approximate surface area is 177 Å². The Morgan fingerprint density at radius 1 is 0.900 bits per heavy atom. The molecule has 30 heavy (non-hydrogen) atoms. The molecule has 5 nitrogen and oxygen atoms in total. The van der Waals surface area contributed by atoms with Crippen LogP contribution >= 0.6 is 0 Å². The predicted molar refractivity (Wildman–Crippen MR) is 119 cm³/mol. The number of carbonyl (C=O) groups excluding carboxylic acids is 2. The van der Waals surface area contributed by atoms with Gasteiger partial charge in [-0.3, -0.25) is 15.0 Å². The van der Waals surface area contributed by atoms with E-state index < -0.39 is 6.03 Å². The summed E-state index contributed by atoms with van der Waals surface area (Å²) in [6, 6.07) is 23.8. The van der Waals surface area contributed by atoms with Crippen LogP contribution in [0.4, 0.5) is 4.79 Å². The molecule has 1 aliphatic rings. The summed E-state index contributed by atoms with van der Waals surface area (Å²) >= 11 is 0. The molecule has 3 amide bonds. The Balaban J connectivity index is 1.28. The molecule has 154 valence electrons. The normalized spacial score (nSPS) is 16.2. The van der Waals surface area contributed by atoms with Crippen molar-refractivity contribution in [2.45, 2.75) is 31.8 Å². The molecule has 0 radical (unpaired) electrons. The van der Waals surface area contributed by atoms with Crippen LogP contribution in [0.1, 0.15) is 41.7 Å². The fourth-order valence-corrected chi connectivity index (χ4v) is 4.10. The van der Waals surface area contributed by atoms with Crippen molar-refractivity contribution < 1.29 is 9.59 Å². The van der Waals surface area contributed by atoms with Crippen molar-refractivity contribution in [1.29, 1.82) is 0 Å². The molecule has 0 bridgehead atoms. The van der Waals surface area contributed by atoms with E-state index in [-0.39, 0.29) is 11.9 Å². The second-order valence-electron chi connectivity index (χ2n) is 7.89. The summed E-state index contributed by atoms with van der Waals surface area (Å²) in [4.78, 5) is 26.8. The second-order valence-corrected chi connectivity index (χ2v) is 7.89. The van der Waals surface area contributed by atoms with Gasteiger partial charge in [-0.1, -0.05) is 54.6 Å². The molecular formula is C25H27N3O2. The standard InChI is InChI=1S/C25H27N3O2/c1-18(21-12-11-19-7-5-6-10-22(19)17-21)28-15-13-23(14-16-28)26-25(30)27-24(29)20-8-3-2-4-9-20/h2-12,17-18,23H,13-16H2,1H3,(H2,26,27,29,30). The molecule has 3 aromatic rings. The van der Waals surface area contributed by atoms with Crippen molar-refractivity contribution in [3.05, 3.63) is 83.9 Å². The largest absolute Gasteiger partial charge is 0.335 e. The number of rotatable bonds is 4. The van der Waals surface area contributed by atoms with Crippen molar-refractivity contribution in [1.82, 2.24) is 15.5 Å². The summed E-state index contributed by atoms with van der Waals surface area (Å²) in [6.07, 6.45) is 1.73. The van der Waals surface area contributed by atoms with Crippen molar-refractivity contribution in [2.75, 3.05) is 13.1 Å². The minimum Gasteiger partial charge on any atom is -0.335 e. The molecule has 1 aliphatic heterocycles. The maximum atomic E-state index is 12.2. The van der Waals surface area contributed by atoms with Crippen LogP contribution in [0.3, 0.4) is 0 Å². The van der Waals surface area contributed by atoms with E-state index in [4.69, 9.17) is 0 Å². The van der Waals surface area contributed by atoms with E-state index >= 15 is 0 Å². The molecule has 5 heteroatoms. The number of urea groups is 1. The van der Waals surface area contributed by atoms with E-state index in [1.54, 1.807) is 24.3 Å². The summed E-state index contributed by atoms with van der Waals surface area (Å²) in [5.41, 5.74) is 1.79. The lowest BCUT2D eigenvalue weighted by Crippen LogP contribution is -2.49. The van der Waals surface area contributed by atoms with Gasteiger partial charge in [0.2, 0.25) is 0 Å². The zero-order valence-electron chi connectivity index (χ0n) is 17.2. The zero-order valence-corrected chi connectivity index (χ0v) is 17.2. The number of hydrogen-bond acceptors (Lipinski definition) is 3. The lowest BCUT2D eigenvalue weighted by molar-refractivity contribution is 0.0961. The molecule has 0 aromatic heterocycles. The zero-order chi connectivity index (χ0) is 20.9. The highest BCUT2D eigenvalue weighted by Gasteiger charge is 2.25. The highest BCUT2D eigenvalue weighted by molar-refractivity contribution is 6.04. The number of hydrogen-bond donors (Lipinski definition) is 2. The molecule has 0 aliphatic carbocycles. The SMILES string of the molecule is CC(c1ccc2ccccc2c1)N1CCC(NC(=O)NC(=O)c2ccccc2)CC1. The van der Waals surface area contributed by atoms with Gasteiger partial charge in [-0.15, -0.1) is 0 Å². The van der Waals surface area contributed by atoms with E-state index in [1.165, 1.54) is 16.3 Å². The topological polar surface area (TPSA) is 61.4 Å². The van der Waals surface area contributed by atoms with Gasteiger partial charge in [-0.05, 0) is 54.3 Å². The average Bonchev–Trinajstić information content (AvgIpc) is 2.79. The first-order valence-electron chi connectivity index (χ1n) is 10.5. The maximum Gasteiger partial charge on any atom is 0.321 e. The number of piperidine rings is 1. The van der Waals surface area contributed by atoms with Crippen molar-refractivity contribution in [3.63, 3.8) is 0 Å². The first-order valence-corrected chi connectivity index (χ1v) is 10.5. The van der Waals surface area contributed by atoms with Crippen LogP contribution in [0.15, 0.2) is 72.8 Å². The summed E-state index contributed by atoms with van der Waals surface area (Å²) in [7, 11) is 0. The van der Waals surface area contributed by atoms with Gasteiger partial charge < -0.3 is 5.32 Å². The first kappa shape index (κ1) is 20.1. The van der Waals surface area contributed by atoms with Crippen LogP contribution in [0.2, 0.25) is 0 Å². The minimum absolute atomic E-state index is 0.0774. The number of carbonyl (C=O) groups is 2. The summed E-state index contributed by atoms with van der Waals surface area (Å²) < 4.78 is 0. The summed E-state index contributed by atoms with van der Waals surface area (Å²) in [6.45, 7) is 4.06. The van der Waals surface area contributed by atoms with E-state index in [1.807, 2.05) is 6.07 Å². The lowest BCUT2D eigenvalue weighted by atomic mass is 9.98. The molecule has 0 spiro atoms. The lowest BCUT2D eigenvalue weighted by Gasteiger charge is -2.36. The average molecular weight is 402 g/mol. The number of benzene rings is 3. The van der Waals surface area contributed by atoms with Gasteiger partial charge in [-0.2, -0.15) is 0 Å². The molecule has 1 unspecified atom stereocenters. The Bertz CT molecular complexity index is 1030. The molecule has 2 N–H and O–H groups in total. The quantitative estimate of drug-likeness (QED) is 0.676. The van der Waals surface area contributed by atoms with Gasteiger partial charge in [-0.25, -0.2) is 4.79 Å². The van der Waals surface area contributed by atoms with Crippen LogP contribution in [-0.4, -0.2) is 36.0 Å². The Hall–Kier alpha value is -3.18. The molecule has 4 rings (SSSR count). The number of fused-ring (bicyclic) bond motifs is 1. The Morgan fingerprint density at radius 2 is 1.57 bits per heavy atom. The van der Waals surface area contributed by atoms with Gasteiger partial charge >= 0.3 is 6.03 Å². The highest BCUT2D eigenvalue weighted by Crippen LogP contribution is 2.27.